The van der Waals surface area contributed by atoms with Gasteiger partial charge >= 0.3 is 6.03 Å². The largest absolute Gasteiger partial charge is 0.481 e. The van der Waals surface area contributed by atoms with Crippen molar-refractivity contribution in [3.63, 3.8) is 0 Å². The minimum absolute atomic E-state index is 0.0873. The number of amides is 2. The summed E-state index contributed by atoms with van der Waals surface area (Å²) in [7, 11) is 1.56. The van der Waals surface area contributed by atoms with E-state index >= 15 is 0 Å². The molecule has 0 unspecified atom stereocenters. The normalized spacial score (nSPS) is 15.8. The van der Waals surface area contributed by atoms with Crippen molar-refractivity contribution < 1.29 is 14.6 Å². The summed E-state index contributed by atoms with van der Waals surface area (Å²) in [6.07, 6.45) is 8.90. The molecule has 1 fully saturated rings. The van der Waals surface area contributed by atoms with Crippen LogP contribution in [-0.4, -0.2) is 64.9 Å². The predicted octanol–water partition coefficient (Wildman–Crippen LogP) is 3.56. The third-order valence-corrected chi connectivity index (χ3v) is 6.14. The molecule has 2 aromatic rings. The monoisotopic (exact) mass is 429 g/mol. The standard InChI is InChI=1S/C23H35N5O3/c1-3-4-5-6-13-25-23(12-17-29)10-15-28(16-11-23)22(30)26-19-9-14-24-18-7-8-20(31-2)27-21(18)19/h7-9,14,25,29H,3-6,10-13,15-17H2,1-2H3,(H,24,26,30). The molecule has 3 N–H and O–H groups in total. The van der Waals surface area contributed by atoms with E-state index in [1.165, 1.54) is 19.3 Å². The minimum Gasteiger partial charge on any atom is -0.481 e. The summed E-state index contributed by atoms with van der Waals surface area (Å²) < 4.78 is 5.21. The average Bonchev–Trinajstić information content (AvgIpc) is 2.79. The molecule has 0 saturated carbocycles. The van der Waals surface area contributed by atoms with Crippen LogP contribution in [0.2, 0.25) is 0 Å². The van der Waals surface area contributed by atoms with Crippen molar-refractivity contribution in [3.05, 3.63) is 24.4 Å². The maximum Gasteiger partial charge on any atom is 0.321 e. The number of hydrogen-bond donors (Lipinski definition) is 3. The van der Waals surface area contributed by atoms with Crippen molar-refractivity contribution in [2.45, 2.75) is 57.4 Å². The summed E-state index contributed by atoms with van der Waals surface area (Å²) in [5.74, 6) is 0.479. The Morgan fingerprint density at radius 2 is 2.03 bits per heavy atom. The first-order chi connectivity index (χ1) is 15.1. The molecule has 0 atom stereocenters. The molecule has 0 bridgehead atoms. The summed E-state index contributed by atoms with van der Waals surface area (Å²) in [5.41, 5.74) is 1.84. The topological polar surface area (TPSA) is 99.6 Å². The zero-order valence-corrected chi connectivity index (χ0v) is 18.7. The third-order valence-electron chi connectivity index (χ3n) is 6.14. The molecule has 8 nitrogen and oxygen atoms in total. The summed E-state index contributed by atoms with van der Waals surface area (Å²) in [6, 6.07) is 5.19. The van der Waals surface area contributed by atoms with E-state index in [4.69, 9.17) is 4.74 Å². The molecule has 3 heterocycles. The molecule has 8 heteroatoms. The Bertz CT molecular complexity index is 852. The molecule has 2 aromatic heterocycles. The molecule has 1 aliphatic rings. The Kier molecular flexibility index (Phi) is 8.43. The lowest BCUT2D eigenvalue weighted by atomic mass is 9.84. The number of likely N-dealkylation sites (tertiary alicyclic amines) is 1. The van der Waals surface area contributed by atoms with Crippen LogP contribution in [0.4, 0.5) is 10.5 Å². The number of piperidine rings is 1. The number of nitrogens with one attached hydrogen (secondary N) is 2. The van der Waals surface area contributed by atoms with E-state index in [1.807, 2.05) is 11.0 Å². The van der Waals surface area contributed by atoms with Gasteiger partial charge in [0, 0.05) is 37.5 Å². The third kappa shape index (κ3) is 6.04. The number of methoxy groups -OCH3 is 1. The molecular weight excluding hydrogens is 394 g/mol. The number of anilines is 1. The molecular formula is C23H35N5O3. The summed E-state index contributed by atoms with van der Waals surface area (Å²) in [4.78, 5) is 23.5. The van der Waals surface area contributed by atoms with Gasteiger partial charge in [-0.05, 0) is 44.4 Å². The van der Waals surface area contributed by atoms with Crippen molar-refractivity contribution in [3.8, 4) is 5.88 Å². The number of nitrogens with zero attached hydrogens (tertiary/aromatic N) is 3. The second-order valence-corrected chi connectivity index (χ2v) is 8.24. The summed E-state index contributed by atoms with van der Waals surface area (Å²) in [6.45, 7) is 4.62. The maximum atomic E-state index is 12.9. The number of fused-ring (bicyclic) bond motifs is 1. The van der Waals surface area contributed by atoms with E-state index in [-0.39, 0.29) is 18.2 Å². The Labute approximate surface area is 184 Å². The number of carbonyl (C=O) groups excluding carboxylic acids is 1. The predicted molar refractivity (Wildman–Crippen MR) is 122 cm³/mol. The second kappa shape index (κ2) is 11.2. The highest BCUT2D eigenvalue weighted by Gasteiger charge is 2.35. The van der Waals surface area contributed by atoms with Gasteiger partial charge in [0.15, 0.2) is 0 Å². The van der Waals surface area contributed by atoms with Crippen molar-refractivity contribution in [2.75, 3.05) is 38.7 Å². The Morgan fingerprint density at radius 3 is 2.74 bits per heavy atom. The highest BCUT2D eigenvalue weighted by atomic mass is 16.5. The molecule has 1 aliphatic heterocycles. The molecule has 3 rings (SSSR count). The number of aliphatic hydroxyl groups excluding tert-OH is 1. The molecule has 0 aliphatic carbocycles. The van der Waals surface area contributed by atoms with Crippen molar-refractivity contribution >= 4 is 22.8 Å². The van der Waals surface area contributed by atoms with Crippen molar-refractivity contribution in [1.82, 2.24) is 20.2 Å². The number of aromatic nitrogens is 2. The Balaban J connectivity index is 1.60. The Morgan fingerprint density at radius 1 is 1.23 bits per heavy atom. The van der Waals surface area contributed by atoms with Gasteiger partial charge in [0.1, 0.15) is 5.52 Å². The van der Waals surface area contributed by atoms with Crippen molar-refractivity contribution in [2.24, 2.45) is 0 Å². The van der Waals surface area contributed by atoms with Crippen LogP contribution in [0.5, 0.6) is 5.88 Å². The van der Waals surface area contributed by atoms with Crippen LogP contribution in [0.1, 0.15) is 51.9 Å². The van der Waals surface area contributed by atoms with E-state index in [1.54, 1.807) is 25.4 Å². The fourth-order valence-electron chi connectivity index (χ4n) is 4.19. The first-order valence-electron chi connectivity index (χ1n) is 11.3. The second-order valence-electron chi connectivity index (χ2n) is 8.24. The quantitative estimate of drug-likeness (QED) is 0.500. The van der Waals surface area contributed by atoms with Gasteiger partial charge in [-0.25, -0.2) is 9.78 Å². The lowest BCUT2D eigenvalue weighted by Gasteiger charge is -2.42. The number of pyridine rings is 2. The van der Waals surface area contributed by atoms with Gasteiger partial charge < -0.3 is 25.4 Å². The summed E-state index contributed by atoms with van der Waals surface area (Å²) in [5, 5.41) is 16.3. The van der Waals surface area contributed by atoms with Gasteiger partial charge in [-0.1, -0.05) is 26.2 Å². The number of carbonyl (C=O) groups is 1. The molecule has 0 radical (unpaired) electrons. The minimum atomic E-state index is -0.141. The fourth-order valence-corrected chi connectivity index (χ4v) is 4.19. The number of aliphatic hydroxyl groups is 1. The first-order valence-corrected chi connectivity index (χ1v) is 11.3. The fraction of sp³-hybridized carbons (Fsp3) is 0.609. The van der Waals surface area contributed by atoms with Crippen LogP contribution in [0.25, 0.3) is 11.0 Å². The molecule has 0 spiro atoms. The van der Waals surface area contributed by atoms with Crippen LogP contribution >= 0.6 is 0 Å². The lowest BCUT2D eigenvalue weighted by Crippen LogP contribution is -2.55. The Hall–Kier alpha value is -2.45. The van der Waals surface area contributed by atoms with Crippen LogP contribution in [0, 0.1) is 0 Å². The maximum absolute atomic E-state index is 12.9. The smallest absolute Gasteiger partial charge is 0.321 e. The average molecular weight is 430 g/mol. The van der Waals surface area contributed by atoms with E-state index in [0.717, 1.165) is 32.2 Å². The van der Waals surface area contributed by atoms with Gasteiger partial charge in [0.05, 0.1) is 18.3 Å². The van der Waals surface area contributed by atoms with Gasteiger partial charge in [-0.3, -0.25) is 4.98 Å². The SMILES string of the molecule is CCCCCCNC1(CCO)CCN(C(=O)Nc2ccnc3ccc(OC)nc23)CC1. The van der Waals surface area contributed by atoms with Gasteiger partial charge in [0.2, 0.25) is 5.88 Å². The van der Waals surface area contributed by atoms with Crippen LogP contribution in [0.15, 0.2) is 24.4 Å². The number of ether oxygens (including phenoxy) is 1. The number of urea groups is 1. The van der Waals surface area contributed by atoms with Gasteiger partial charge in [-0.2, -0.15) is 0 Å². The number of hydrogen-bond acceptors (Lipinski definition) is 6. The zero-order valence-electron chi connectivity index (χ0n) is 18.7. The van der Waals surface area contributed by atoms with Gasteiger partial charge in [0.25, 0.3) is 0 Å². The molecule has 1 saturated heterocycles. The van der Waals surface area contributed by atoms with Crippen LogP contribution < -0.4 is 15.4 Å². The number of unbranched alkanes of at least 4 members (excludes halogenated alkanes) is 3. The van der Waals surface area contributed by atoms with E-state index in [9.17, 15) is 9.90 Å². The highest BCUT2D eigenvalue weighted by Crippen LogP contribution is 2.27. The molecule has 170 valence electrons. The molecule has 31 heavy (non-hydrogen) atoms. The van der Waals surface area contributed by atoms with Gasteiger partial charge in [-0.15, -0.1) is 0 Å². The number of rotatable bonds is 10. The molecule has 0 aromatic carbocycles. The van der Waals surface area contributed by atoms with Crippen molar-refractivity contribution in [1.29, 1.82) is 0 Å². The summed E-state index contributed by atoms with van der Waals surface area (Å²) >= 11 is 0. The van der Waals surface area contributed by atoms with E-state index in [0.29, 0.717) is 35.7 Å². The van der Waals surface area contributed by atoms with E-state index < -0.39 is 0 Å². The lowest BCUT2D eigenvalue weighted by molar-refractivity contribution is 0.123. The van der Waals surface area contributed by atoms with Crippen LogP contribution in [-0.2, 0) is 0 Å². The molecule has 2 amide bonds. The highest BCUT2D eigenvalue weighted by molar-refractivity contribution is 5.98. The zero-order chi connectivity index (χ0) is 22.1. The van der Waals surface area contributed by atoms with Crippen LogP contribution in [0.3, 0.4) is 0 Å². The first kappa shape index (κ1) is 23.2. The van der Waals surface area contributed by atoms with E-state index in [2.05, 4.69) is 27.5 Å².